The summed E-state index contributed by atoms with van der Waals surface area (Å²) in [4.78, 5) is 0. The van der Waals surface area contributed by atoms with Crippen LogP contribution >= 0.6 is 0 Å². The van der Waals surface area contributed by atoms with Gasteiger partial charge in [-0.1, -0.05) is 95.0 Å². The Bertz CT molecular complexity index is 1280. The third kappa shape index (κ3) is 3.24. The zero-order valence-corrected chi connectivity index (χ0v) is 19.5. The van der Waals surface area contributed by atoms with Crippen LogP contribution in [-0.2, 0) is 17.3 Å². The Morgan fingerprint density at radius 3 is 2.22 bits per heavy atom. The molecule has 0 aromatic heterocycles. The lowest BCUT2D eigenvalue weighted by molar-refractivity contribution is 0.635. The summed E-state index contributed by atoms with van der Waals surface area (Å²) in [6.07, 6.45) is 9.50. The molecule has 5 rings (SSSR count). The summed E-state index contributed by atoms with van der Waals surface area (Å²) in [7, 11) is 0. The highest BCUT2D eigenvalue weighted by molar-refractivity contribution is 5.83. The first-order chi connectivity index (χ1) is 15.3. The second-order valence-electron chi connectivity index (χ2n) is 10.1. The van der Waals surface area contributed by atoms with Gasteiger partial charge in [-0.2, -0.15) is 0 Å². The first-order valence-corrected chi connectivity index (χ1v) is 11.5. The van der Waals surface area contributed by atoms with Crippen LogP contribution in [0, 0.1) is 0 Å². The average molecular weight is 418 g/mol. The van der Waals surface area contributed by atoms with Crippen molar-refractivity contribution in [3.05, 3.63) is 119 Å². The van der Waals surface area contributed by atoms with E-state index in [-0.39, 0.29) is 10.8 Å². The molecule has 0 spiro atoms. The fourth-order valence-corrected chi connectivity index (χ4v) is 5.19. The monoisotopic (exact) mass is 417 g/mol. The molecule has 3 aromatic carbocycles. The van der Waals surface area contributed by atoms with E-state index in [0.29, 0.717) is 0 Å². The topological polar surface area (TPSA) is 12.0 Å². The molecule has 1 N–H and O–H groups in total. The van der Waals surface area contributed by atoms with Crippen LogP contribution in [0.25, 0.3) is 11.1 Å². The average Bonchev–Trinajstić information content (AvgIpc) is 3.03. The lowest BCUT2D eigenvalue weighted by Crippen LogP contribution is -2.21. The molecule has 3 aromatic rings. The number of rotatable bonds is 2. The first kappa shape index (κ1) is 20.6. The van der Waals surface area contributed by atoms with Crippen LogP contribution in [0.4, 0.5) is 11.4 Å². The minimum Gasteiger partial charge on any atom is -0.356 e. The number of allylic oxidation sites excluding steroid dienone is 5. The summed E-state index contributed by atoms with van der Waals surface area (Å²) >= 11 is 0. The van der Waals surface area contributed by atoms with Crippen molar-refractivity contribution in [1.29, 1.82) is 0 Å². The maximum Gasteiger partial charge on any atom is 0.0387 e. The molecule has 1 heteroatoms. The number of nitrogens with one attached hydrogen (secondary N) is 1. The normalized spacial score (nSPS) is 19.6. The van der Waals surface area contributed by atoms with Gasteiger partial charge >= 0.3 is 0 Å². The lowest BCUT2D eigenvalue weighted by atomic mass is 9.75. The zero-order valence-electron chi connectivity index (χ0n) is 19.5. The van der Waals surface area contributed by atoms with E-state index in [9.17, 15) is 0 Å². The van der Waals surface area contributed by atoms with Crippen LogP contribution in [0.1, 0.15) is 49.9 Å². The maximum atomic E-state index is 4.36. The Balaban J connectivity index is 1.52. The third-order valence-corrected chi connectivity index (χ3v) is 7.34. The summed E-state index contributed by atoms with van der Waals surface area (Å²) in [5.74, 6) is 0. The van der Waals surface area contributed by atoms with Gasteiger partial charge in [-0.25, -0.2) is 0 Å². The maximum absolute atomic E-state index is 4.36. The van der Waals surface area contributed by atoms with Gasteiger partial charge in [0.05, 0.1) is 0 Å². The molecule has 160 valence electrons. The Labute approximate surface area is 192 Å². The van der Waals surface area contributed by atoms with E-state index in [4.69, 9.17) is 0 Å². The van der Waals surface area contributed by atoms with Crippen molar-refractivity contribution < 1.29 is 0 Å². The zero-order chi connectivity index (χ0) is 22.5. The van der Waals surface area contributed by atoms with E-state index in [1.54, 1.807) is 0 Å². The Hall–Kier alpha value is -3.32. The standard InChI is InChI=1S/C31H31N/c1-21-11-7-6-8-12-22-15-16-23(19-28(22)30(21,2)3)32-24-17-18-26-25-13-9-10-14-27(25)31(4,5)29(26)20-24/h6-11,13-20,32H,1,12H2,2-5H3/b8-6-,11-7-. The Kier molecular flexibility index (Phi) is 4.74. The SMILES string of the molecule is C=C1/C=C\C=C/Cc2ccc(Nc3ccc4c(c3)C(C)(C)c3ccccc3-4)cc2C1(C)C. The molecule has 1 nitrogen and oxygen atoms in total. The number of benzene rings is 3. The molecule has 2 aliphatic carbocycles. The number of hydrogen-bond donors (Lipinski definition) is 1. The van der Waals surface area contributed by atoms with Crippen molar-refractivity contribution in [1.82, 2.24) is 0 Å². The number of hydrogen-bond acceptors (Lipinski definition) is 1. The second kappa shape index (κ2) is 7.38. The van der Waals surface area contributed by atoms with Gasteiger partial charge in [0.2, 0.25) is 0 Å². The number of anilines is 2. The molecule has 0 radical (unpaired) electrons. The lowest BCUT2D eigenvalue weighted by Gasteiger charge is -2.29. The van der Waals surface area contributed by atoms with Crippen molar-refractivity contribution in [3.8, 4) is 11.1 Å². The van der Waals surface area contributed by atoms with Gasteiger partial charge in [0, 0.05) is 22.2 Å². The van der Waals surface area contributed by atoms with E-state index >= 15 is 0 Å². The van der Waals surface area contributed by atoms with E-state index in [0.717, 1.165) is 23.4 Å². The van der Waals surface area contributed by atoms with Crippen molar-refractivity contribution in [2.24, 2.45) is 0 Å². The van der Waals surface area contributed by atoms with Gasteiger partial charge in [0.25, 0.3) is 0 Å². The van der Waals surface area contributed by atoms with Crippen LogP contribution in [0.15, 0.2) is 97.1 Å². The first-order valence-electron chi connectivity index (χ1n) is 11.5. The molecule has 0 unspecified atom stereocenters. The van der Waals surface area contributed by atoms with Crippen LogP contribution < -0.4 is 5.32 Å². The van der Waals surface area contributed by atoms with Crippen LogP contribution in [0.5, 0.6) is 0 Å². The Morgan fingerprint density at radius 2 is 1.41 bits per heavy atom. The van der Waals surface area contributed by atoms with Gasteiger partial charge in [-0.15, -0.1) is 0 Å². The van der Waals surface area contributed by atoms with Crippen molar-refractivity contribution in [2.75, 3.05) is 5.32 Å². The van der Waals surface area contributed by atoms with Gasteiger partial charge in [-0.05, 0) is 69.6 Å². The molecule has 0 amide bonds. The third-order valence-electron chi connectivity index (χ3n) is 7.34. The molecule has 0 heterocycles. The van der Waals surface area contributed by atoms with Crippen LogP contribution in [-0.4, -0.2) is 0 Å². The van der Waals surface area contributed by atoms with Crippen molar-refractivity contribution in [2.45, 2.75) is 44.9 Å². The molecule has 0 fully saturated rings. The summed E-state index contributed by atoms with van der Waals surface area (Å²) in [6, 6.07) is 22.3. The molecule has 0 saturated carbocycles. The summed E-state index contributed by atoms with van der Waals surface area (Å²) in [5.41, 5.74) is 11.4. The quantitative estimate of drug-likeness (QED) is 0.443. The molecular weight excluding hydrogens is 386 g/mol. The van der Waals surface area contributed by atoms with Crippen molar-refractivity contribution >= 4 is 11.4 Å². The molecule has 0 aliphatic heterocycles. The molecule has 0 bridgehead atoms. The molecule has 0 saturated heterocycles. The molecular formula is C31H31N. The summed E-state index contributed by atoms with van der Waals surface area (Å²) < 4.78 is 0. The fraction of sp³-hybridized carbons (Fsp3) is 0.226. The van der Waals surface area contributed by atoms with Gasteiger partial charge in [-0.3, -0.25) is 0 Å². The summed E-state index contributed by atoms with van der Waals surface area (Å²) in [5, 5.41) is 3.69. The largest absolute Gasteiger partial charge is 0.356 e. The fourth-order valence-electron chi connectivity index (χ4n) is 5.19. The minimum absolute atomic E-state index is 0.00624. The second-order valence-corrected chi connectivity index (χ2v) is 10.1. The summed E-state index contributed by atoms with van der Waals surface area (Å²) in [6.45, 7) is 13.5. The molecule has 32 heavy (non-hydrogen) atoms. The number of fused-ring (bicyclic) bond motifs is 4. The van der Waals surface area contributed by atoms with E-state index in [1.807, 2.05) is 0 Å². The Morgan fingerprint density at radius 1 is 0.719 bits per heavy atom. The van der Waals surface area contributed by atoms with Gasteiger partial charge in [0.15, 0.2) is 0 Å². The smallest absolute Gasteiger partial charge is 0.0387 e. The minimum atomic E-state index is -0.128. The van der Waals surface area contributed by atoms with E-state index < -0.39 is 0 Å². The highest BCUT2D eigenvalue weighted by Crippen LogP contribution is 2.49. The highest BCUT2D eigenvalue weighted by Gasteiger charge is 2.35. The van der Waals surface area contributed by atoms with Crippen LogP contribution in [0.2, 0.25) is 0 Å². The molecule has 0 atom stereocenters. The van der Waals surface area contributed by atoms with Crippen LogP contribution in [0.3, 0.4) is 0 Å². The highest BCUT2D eigenvalue weighted by atomic mass is 14.9. The predicted octanol–water partition coefficient (Wildman–Crippen LogP) is 8.24. The molecule has 2 aliphatic rings. The van der Waals surface area contributed by atoms with E-state index in [2.05, 4.69) is 125 Å². The predicted molar refractivity (Wildman–Crippen MR) is 138 cm³/mol. The van der Waals surface area contributed by atoms with Gasteiger partial charge in [0.1, 0.15) is 0 Å². The van der Waals surface area contributed by atoms with Crippen molar-refractivity contribution in [3.63, 3.8) is 0 Å². The van der Waals surface area contributed by atoms with E-state index in [1.165, 1.54) is 33.4 Å². The van der Waals surface area contributed by atoms with Gasteiger partial charge < -0.3 is 5.32 Å².